The third-order valence-corrected chi connectivity index (χ3v) is 3.42. The molecule has 0 aliphatic carbocycles. The van der Waals surface area contributed by atoms with E-state index >= 15 is 0 Å². The van der Waals surface area contributed by atoms with Crippen molar-refractivity contribution in [2.24, 2.45) is 0 Å². The van der Waals surface area contributed by atoms with Gasteiger partial charge in [-0.25, -0.2) is 0 Å². The van der Waals surface area contributed by atoms with Gasteiger partial charge in [-0.05, 0) is 29.5 Å². The van der Waals surface area contributed by atoms with Gasteiger partial charge in [0.25, 0.3) is 0 Å². The molecule has 0 atom stereocenters. The van der Waals surface area contributed by atoms with E-state index < -0.39 is 0 Å². The lowest BCUT2D eigenvalue weighted by molar-refractivity contribution is 0.276. The van der Waals surface area contributed by atoms with Gasteiger partial charge in [-0.2, -0.15) is 4.98 Å². The first-order valence-electron chi connectivity index (χ1n) is 6.39. The van der Waals surface area contributed by atoms with Gasteiger partial charge in [0.15, 0.2) is 0 Å². The summed E-state index contributed by atoms with van der Waals surface area (Å²) in [6, 6.07) is 7.90. The maximum atomic E-state index is 8.89. The van der Waals surface area contributed by atoms with Gasteiger partial charge in [-0.15, -0.1) is 0 Å². The van der Waals surface area contributed by atoms with Crippen molar-refractivity contribution in [2.45, 2.75) is 39.2 Å². The number of nitrogens with zero attached hydrogens (tertiary/aromatic N) is 1. The molecule has 0 spiro atoms. The largest absolute Gasteiger partial charge is 0.417 e. The molecule has 0 amide bonds. The lowest BCUT2D eigenvalue weighted by atomic mass is 9.82. The van der Waals surface area contributed by atoms with Crippen molar-refractivity contribution in [3.63, 3.8) is 0 Å². The lowest BCUT2D eigenvalue weighted by Gasteiger charge is -2.23. The Bertz CT molecular complexity index is 529. The number of oxazole rings is 1. The zero-order chi connectivity index (χ0) is 13.9. The van der Waals surface area contributed by atoms with Gasteiger partial charge in [-0.1, -0.05) is 32.9 Å². The maximum absolute atomic E-state index is 8.89. The van der Waals surface area contributed by atoms with Crippen molar-refractivity contribution in [1.29, 1.82) is 0 Å². The normalized spacial score (nSPS) is 11.6. The predicted octanol–water partition coefficient (Wildman–Crippen LogP) is 3.65. The number of benzene rings is 1. The van der Waals surface area contributed by atoms with Crippen LogP contribution < -0.4 is 4.74 Å². The predicted molar refractivity (Wildman–Crippen MR) is 72.3 cm³/mol. The second kappa shape index (κ2) is 5.45. The molecule has 4 nitrogen and oxygen atoms in total. The Morgan fingerprint density at radius 2 is 1.95 bits per heavy atom. The molecular weight excluding hydrogens is 242 g/mol. The molecule has 4 heteroatoms. The SMILES string of the molecule is CCC(C)(C)c1ccc(Oc2nc(CO)co2)cc1. The minimum absolute atomic E-state index is 0.145. The summed E-state index contributed by atoms with van der Waals surface area (Å²) < 4.78 is 10.6. The van der Waals surface area contributed by atoms with Crippen molar-refractivity contribution >= 4 is 0 Å². The molecule has 19 heavy (non-hydrogen) atoms. The Labute approximate surface area is 113 Å². The van der Waals surface area contributed by atoms with Crippen LogP contribution >= 0.6 is 0 Å². The van der Waals surface area contributed by atoms with E-state index in [0.29, 0.717) is 11.4 Å². The van der Waals surface area contributed by atoms with E-state index in [1.165, 1.54) is 11.8 Å². The molecule has 0 bridgehead atoms. The molecule has 0 unspecified atom stereocenters. The summed E-state index contributed by atoms with van der Waals surface area (Å²) in [5, 5.41) is 8.89. The van der Waals surface area contributed by atoms with E-state index in [1.54, 1.807) is 0 Å². The monoisotopic (exact) mass is 261 g/mol. The molecule has 0 saturated carbocycles. The van der Waals surface area contributed by atoms with Crippen LogP contribution in [0.15, 0.2) is 34.9 Å². The first kappa shape index (κ1) is 13.6. The van der Waals surface area contributed by atoms with Gasteiger partial charge < -0.3 is 14.3 Å². The Morgan fingerprint density at radius 3 is 2.47 bits per heavy atom. The van der Waals surface area contributed by atoms with Crippen molar-refractivity contribution in [3.05, 3.63) is 41.8 Å². The van der Waals surface area contributed by atoms with Crippen molar-refractivity contribution in [3.8, 4) is 11.8 Å². The van der Waals surface area contributed by atoms with Gasteiger partial charge in [0.2, 0.25) is 0 Å². The molecule has 1 heterocycles. The van der Waals surface area contributed by atoms with Crippen molar-refractivity contribution in [1.82, 2.24) is 4.98 Å². The fourth-order valence-corrected chi connectivity index (χ4v) is 1.69. The summed E-state index contributed by atoms with van der Waals surface area (Å²) in [6.45, 7) is 6.44. The minimum Gasteiger partial charge on any atom is -0.417 e. The summed E-state index contributed by atoms with van der Waals surface area (Å²) in [5.41, 5.74) is 1.88. The quantitative estimate of drug-likeness (QED) is 0.892. The van der Waals surface area contributed by atoms with E-state index in [-0.39, 0.29) is 18.1 Å². The number of ether oxygens (including phenoxy) is 1. The highest BCUT2D eigenvalue weighted by molar-refractivity contribution is 5.32. The molecule has 2 aromatic rings. The molecule has 2 rings (SSSR count). The minimum atomic E-state index is -0.156. The molecule has 1 aromatic carbocycles. The number of aliphatic hydroxyl groups is 1. The first-order chi connectivity index (χ1) is 9.05. The number of hydrogen-bond donors (Lipinski definition) is 1. The highest BCUT2D eigenvalue weighted by Gasteiger charge is 2.17. The van der Waals surface area contributed by atoms with Crippen LogP contribution in [0.5, 0.6) is 11.8 Å². The molecule has 1 aromatic heterocycles. The number of aromatic nitrogens is 1. The zero-order valence-corrected chi connectivity index (χ0v) is 11.5. The summed E-state index contributed by atoms with van der Waals surface area (Å²) in [6.07, 6.45) is 2.60. The lowest BCUT2D eigenvalue weighted by Crippen LogP contribution is -2.14. The Morgan fingerprint density at radius 1 is 1.26 bits per heavy atom. The van der Waals surface area contributed by atoms with Crippen molar-refractivity contribution in [2.75, 3.05) is 0 Å². The topological polar surface area (TPSA) is 55.5 Å². The molecule has 0 fully saturated rings. The molecule has 102 valence electrons. The number of hydrogen-bond acceptors (Lipinski definition) is 4. The highest BCUT2D eigenvalue weighted by atomic mass is 16.6. The highest BCUT2D eigenvalue weighted by Crippen LogP contribution is 2.29. The summed E-state index contributed by atoms with van der Waals surface area (Å²) in [4.78, 5) is 3.97. The summed E-state index contributed by atoms with van der Waals surface area (Å²) >= 11 is 0. The van der Waals surface area contributed by atoms with Crippen LogP contribution in [0.2, 0.25) is 0 Å². The zero-order valence-electron chi connectivity index (χ0n) is 11.5. The fraction of sp³-hybridized carbons (Fsp3) is 0.400. The van der Waals surface area contributed by atoms with E-state index in [9.17, 15) is 0 Å². The standard InChI is InChI=1S/C15H19NO3/c1-4-15(2,3)11-5-7-13(8-6-11)19-14-16-12(9-17)10-18-14/h5-8,10,17H,4,9H2,1-3H3. The fourth-order valence-electron chi connectivity index (χ4n) is 1.69. The smallest absolute Gasteiger partial charge is 0.399 e. The molecular formula is C15H19NO3. The third kappa shape index (κ3) is 3.15. The van der Waals surface area contributed by atoms with Crippen LogP contribution in [0.3, 0.4) is 0 Å². The summed E-state index contributed by atoms with van der Waals surface area (Å²) in [7, 11) is 0. The van der Waals surface area contributed by atoms with Crippen LogP contribution in [-0.2, 0) is 12.0 Å². The first-order valence-corrected chi connectivity index (χ1v) is 6.39. The van der Waals surface area contributed by atoms with E-state index in [4.69, 9.17) is 14.3 Å². The molecule has 1 N–H and O–H groups in total. The van der Waals surface area contributed by atoms with Crippen LogP contribution in [0.25, 0.3) is 0 Å². The molecule has 0 radical (unpaired) electrons. The van der Waals surface area contributed by atoms with Crippen molar-refractivity contribution < 1.29 is 14.3 Å². The molecule has 0 aliphatic rings. The Hall–Kier alpha value is -1.81. The third-order valence-electron chi connectivity index (χ3n) is 3.42. The van der Waals surface area contributed by atoms with Crippen LogP contribution in [0.1, 0.15) is 38.4 Å². The van der Waals surface area contributed by atoms with Gasteiger partial charge in [-0.3, -0.25) is 0 Å². The van der Waals surface area contributed by atoms with E-state index in [2.05, 4.69) is 37.9 Å². The van der Waals surface area contributed by atoms with Gasteiger partial charge >= 0.3 is 6.08 Å². The van der Waals surface area contributed by atoms with E-state index in [1.807, 2.05) is 12.1 Å². The molecule has 0 aliphatic heterocycles. The number of rotatable bonds is 5. The number of aliphatic hydroxyl groups excluding tert-OH is 1. The van der Waals surface area contributed by atoms with E-state index in [0.717, 1.165) is 6.42 Å². The van der Waals surface area contributed by atoms with Gasteiger partial charge in [0, 0.05) is 0 Å². The maximum Gasteiger partial charge on any atom is 0.399 e. The second-order valence-electron chi connectivity index (χ2n) is 5.13. The van der Waals surface area contributed by atoms with Crippen LogP contribution in [0, 0.1) is 0 Å². The average Bonchev–Trinajstić information content (AvgIpc) is 2.87. The van der Waals surface area contributed by atoms with Crippen LogP contribution in [-0.4, -0.2) is 10.1 Å². The Kier molecular flexibility index (Phi) is 3.90. The summed E-state index contributed by atoms with van der Waals surface area (Å²) in [5.74, 6) is 0.669. The average molecular weight is 261 g/mol. The van der Waals surface area contributed by atoms with Gasteiger partial charge in [0.1, 0.15) is 17.7 Å². The molecule has 0 saturated heterocycles. The second-order valence-corrected chi connectivity index (χ2v) is 5.13. The van der Waals surface area contributed by atoms with Crippen LogP contribution in [0.4, 0.5) is 0 Å². The van der Waals surface area contributed by atoms with Gasteiger partial charge in [0.05, 0.1) is 6.61 Å². The Balaban J connectivity index is 2.10.